The molecule has 0 saturated carbocycles. The Morgan fingerprint density at radius 2 is 2.21 bits per heavy atom. The van der Waals surface area contributed by atoms with Crippen molar-refractivity contribution >= 4 is 29.3 Å². The maximum absolute atomic E-state index is 5.59. The third-order valence-electron chi connectivity index (χ3n) is 1.19. The van der Waals surface area contributed by atoms with Gasteiger partial charge in [0, 0.05) is 0 Å². The van der Waals surface area contributed by atoms with E-state index in [0.29, 0.717) is 10.3 Å². The van der Waals surface area contributed by atoms with Crippen LogP contribution in [-0.2, 0) is 0 Å². The highest BCUT2D eigenvalue weighted by Crippen LogP contribution is 2.20. The van der Waals surface area contributed by atoms with E-state index in [0.717, 1.165) is 0 Å². The summed E-state index contributed by atoms with van der Waals surface area (Å²) in [7, 11) is 0. The fraction of sp³-hybridized carbons (Fsp3) is 0. The summed E-state index contributed by atoms with van der Waals surface area (Å²) in [5, 5.41) is 7.30. The van der Waals surface area contributed by atoms with Gasteiger partial charge >= 0.3 is 0 Å². The van der Waals surface area contributed by atoms with Crippen LogP contribution in [0.25, 0.3) is 0 Å². The van der Waals surface area contributed by atoms with Crippen LogP contribution in [0.5, 0.6) is 0 Å². The Morgan fingerprint density at radius 1 is 1.36 bits per heavy atom. The lowest BCUT2D eigenvalue weighted by molar-refractivity contribution is 0.901. The number of nitrogens with one attached hydrogen (secondary N) is 1. The lowest BCUT2D eigenvalue weighted by Crippen LogP contribution is -1.99. The third-order valence-corrected chi connectivity index (χ3v) is 2.11. The molecule has 0 spiro atoms. The van der Waals surface area contributed by atoms with Crippen molar-refractivity contribution in [2.75, 3.05) is 5.73 Å². The molecular formula is C5H4ClN7S. The lowest BCUT2D eigenvalue weighted by Gasteiger charge is -1.97. The quantitative estimate of drug-likeness (QED) is 0.767. The second-order valence-electron chi connectivity index (χ2n) is 2.14. The van der Waals surface area contributed by atoms with Crippen LogP contribution >= 0.6 is 23.4 Å². The molecule has 3 N–H and O–H groups in total. The van der Waals surface area contributed by atoms with Crippen molar-refractivity contribution in [3.8, 4) is 0 Å². The monoisotopic (exact) mass is 229 g/mol. The van der Waals surface area contributed by atoms with Gasteiger partial charge in [0.15, 0.2) is 5.16 Å². The molecule has 0 aromatic carbocycles. The summed E-state index contributed by atoms with van der Waals surface area (Å²) in [5.74, 6) is 0.0759. The van der Waals surface area contributed by atoms with Crippen molar-refractivity contribution in [1.29, 1.82) is 0 Å². The summed E-state index contributed by atoms with van der Waals surface area (Å²) in [6, 6.07) is 0. The molecule has 0 saturated heterocycles. The second kappa shape index (κ2) is 3.76. The van der Waals surface area contributed by atoms with Gasteiger partial charge in [-0.05, 0) is 23.4 Å². The van der Waals surface area contributed by atoms with E-state index in [2.05, 4.69) is 30.1 Å². The van der Waals surface area contributed by atoms with E-state index < -0.39 is 0 Å². The number of hydrogen-bond acceptors (Lipinski definition) is 7. The molecule has 0 aliphatic carbocycles. The fourth-order valence-electron chi connectivity index (χ4n) is 0.722. The van der Waals surface area contributed by atoms with Gasteiger partial charge in [-0.3, -0.25) is 5.10 Å². The summed E-state index contributed by atoms with van der Waals surface area (Å²) in [6.45, 7) is 0. The number of nitrogen functional groups attached to an aromatic ring is 1. The van der Waals surface area contributed by atoms with Crippen molar-refractivity contribution in [3.63, 3.8) is 0 Å². The molecule has 0 amide bonds. The van der Waals surface area contributed by atoms with Crippen LogP contribution < -0.4 is 5.73 Å². The number of H-pyrrole nitrogens is 1. The van der Waals surface area contributed by atoms with E-state index in [-0.39, 0.29) is 11.2 Å². The molecule has 72 valence electrons. The Hall–Kier alpha value is -1.41. The minimum Gasteiger partial charge on any atom is -0.368 e. The molecule has 2 heterocycles. The fourth-order valence-corrected chi connectivity index (χ4v) is 1.58. The molecule has 7 nitrogen and oxygen atoms in total. The Kier molecular flexibility index (Phi) is 2.46. The average Bonchev–Trinajstić information content (AvgIpc) is 2.54. The van der Waals surface area contributed by atoms with Gasteiger partial charge in [-0.25, -0.2) is 4.98 Å². The predicted octanol–water partition coefficient (Wildman–Crippen LogP) is 0.376. The number of halogens is 1. The minimum atomic E-state index is 0.0551. The van der Waals surface area contributed by atoms with E-state index in [1.54, 1.807) is 0 Å². The van der Waals surface area contributed by atoms with Crippen molar-refractivity contribution < 1.29 is 0 Å². The predicted molar refractivity (Wildman–Crippen MR) is 49.8 cm³/mol. The maximum Gasteiger partial charge on any atom is 0.228 e. The molecule has 2 rings (SSSR count). The van der Waals surface area contributed by atoms with Crippen molar-refractivity contribution in [2.24, 2.45) is 0 Å². The molecule has 0 atom stereocenters. The molecule has 2 aromatic heterocycles. The Labute approximate surface area is 87.5 Å². The lowest BCUT2D eigenvalue weighted by atomic mass is 11.0. The molecule has 0 aliphatic heterocycles. The number of nitrogens with zero attached hydrogens (tertiary/aromatic N) is 5. The molecule has 0 radical (unpaired) electrons. The maximum atomic E-state index is 5.59. The minimum absolute atomic E-state index is 0.0551. The van der Waals surface area contributed by atoms with E-state index in [1.165, 1.54) is 18.1 Å². The summed E-state index contributed by atoms with van der Waals surface area (Å²) < 4.78 is 0. The first-order valence-corrected chi connectivity index (χ1v) is 4.64. The van der Waals surface area contributed by atoms with Crippen LogP contribution in [0, 0.1) is 0 Å². The van der Waals surface area contributed by atoms with Gasteiger partial charge in [0.2, 0.25) is 16.4 Å². The largest absolute Gasteiger partial charge is 0.368 e. The smallest absolute Gasteiger partial charge is 0.228 e. The van der Waals surface area contributed by atoms with Crippen LogP contribution in [0.1, 0.15) is 0 Å². The highest BCUT2D eigenvalue weighted by atomic mass is 35.5. The van der Waals surface area contributed by atoms with Crippen molar-refractivity contribution in [2.45, 2.75) is 10.3 Å². The second-order valence-corrected chi connectivity index (χ2v) is 3.43. The normalized spacial score (nSPS) is 10.4. The zero-order chi connectivity index (χ0) is 9.97. The van der Waals surface area contributed by atoms with E-state index in [4.69, 9.17) is 17.3 Å². The number of rotatable bonds is 2. The van der Waals surface area contributed by atoms with Gasteiger partial charge in [0.1, 0.15) is 6.33 Å². The van der Waals surface area contributed by atoms with Crippen LogP contribution in [0.3, 0.4) is 0 Å². The van der Waals surface area contributed by atoms with Gasteiger partial charge < -0.3 is 5.73 Å². The van der Waals surface area contributed by atoms with Crippen LogP contribution in [0.4, 0.5) is 5.95 Å². The molecule has 14 heavy (non-hydrogen) atoms. The number of hydrogen-bond donors (Lipinski definition) is 2. The van der Waals surface area contributed by atoms with Gasteiger partial charge in [-0.2, -0.15) is 20.1 Å². The van der Waals surface area contributed by atoms with E-state index in [9.17, 15) is 0 Å². The first kappa shape index (κ1) is 9.16. The standard InChI is InChI=1S/C5H4ClN7S/c6-2-10-3(7)12-5(11-2)14-4-8-1-9-13-4/h1H,(H,8,9,13)(H2,7,10,11,12). The number of nitrogens with two attached hydrogens (primary N) is 1. The molecule has 0 fully saturated rings. The Bertz CT molecular complexity index is 409. The molecule has 2 aromatic rings. The van der Waals surface area contributed by atoms with Gasteiger partial charge in [-0.15, -0.1) is 0 Å². The number of aromatic nitrogens is 6. The van der Waals surface area contributed by atoms with Gasteiger partial charge in [-0.1, -0.05) is 0 Å². The highest BCUT2D eigenvalue weighted by molar-refractivity contribution is 7.99. The van der Waals surface area contributed by atoms with E-state index >= 15 is 0 Å². The topological polar surface area (TPSA) is 106 Å². The van der Waals surface area contributed by atoms with Crippen molar-refractivity contribution in [1.82, 2.24) is 30.1 Å². The summed E-state index contributed by atoms with van der Waals surface area (Å²) in [6.07, 6.45) is 1.38. The SMILES string of the molecule is Nc1nc(Cl)nc(Sc2ncn[nH]2)n1. The zero-order valence-corrected chi connectivity index (χ0v) is 8.25. The van der Waals surface area contributed by atoms with Crippen LogP contribution in [0.2, 0.25) is 5.28 Å². The zero-order valence-electron chi connectivity index (χ0n) is 6.68. The average molecular weight is 230 g/mol. The first-order chi connectivity index (χ1) is 6.74. The highest BCUT2D eigenvalue weighted by Gasteiger charge is 2.06. The molecule has 0 bridgehead atoms. The first-order valence-electron chi connectivity index (χ1n) is 3.44. The van der Waals surface area contributed by atoms with Crippen molar-refractivity contribution in [3.05, 3.63) is 11.6 Å². The van der Waals surface area contributed by atoms with Crippen LogP contribution in [-0.4, -0.2) is 30.1 Å². The summed E-state index contributed by atoms with van der Waals surface area (Å²) in [4.78, 5) is 15.2. The summed E-state index contributed by atoms with van der Waals surface area (Å²) in [5.41, 5.74) is 5.38. The Morgan fingerprint density at radius 3 is 2.86 bits per heavy atom. The molecule has 0 unspecified atom stereocenters. The van der Waals surface area contributed by atoms with Gasteiger partial charge in [0.25, 0.3) is 0 Å². The number of anilines is 1. The number of aromatic amines is 1. The third kappa shape index (κ3) is 2.09. The molecular weight excluding hydrogens is 226 g/mol. The summed E-state index contributed by atoms with van der Waals surface area (Å²) >= 11 is 6.76. The molecule has 9 heteroatoms. The van der Waals surface area contributed by atoms with E-state index in [1.807, 2.05) is 0 Å². The Balaban J connectivity index is 2.25. The molecule has 0 aliphatic rings. The van der Waals surface area contributed by atoms with Crippen LogP contribution in [0.15, 0.2) is 16.6 Å². The van der Waals surface area contributed by atoms with Gasteiger partial charge in [0.05, 0.1) is 0 Å².